The second-order valence-corrected chi connectivity index (χ2v) is 34.0. The van der Waals surface area contributed by atoms with Crippen molar-refractivity contribution in [2.24, 2.45) is 0 Å². The highest BCUT2D eigenvalue weighted by atomic mass is 31.2. The molecule has 0 aliphatic carbocycles. The van der Waals surface area contributed by atoms with E-state index in [0.29, 0.717) is 51.4 Å². The van der Waals surface area contributed by atoms with E-state index >= 15 is 0 Å². The lowest BCUT2D eigenvalue weighted by molar-refractivity contribution is -0.159. The van der Waals surface area contributed by atoms with Gasteiger partial charge < -0.3 is 69.7 Å². The standard InChI is InChI=1S/C85H160N4O22P2/c1-9-15-21-27-30-33-36-42-48-54-76(109-80(95)56-50-44-38-35-32-29-23-17-11-3)66-78(93)89-72(68-103-62-58-74(91)52-46-40-25-19-13-5)70-107-113(100,101)105-64-60-87-84(97)82-81(110-85(7,8)111-82)83(96)86-59-63-104-112(98,99)106-69-71(67-102-61-57-73(90)51-45-39-24-18-12-4)88-77(92)65-75(53-47-41-26-20-14-6)108-79(94)55-49-43-37-34-31-28-22-16-10-2/h34-35,37-38,71-76,81-82,90-91H,9-33,36,39-70H2,1-8H3,(H,86,96)(H,87,97)(H,88,92)(H,89,93)(H,98,99)(H,100,101)/t71?,72?,73-,74-,75-,76-,81-,82+/m1/s1. The number of carbonyl (C=O) groups is 6. The molecule has 0 aromatic rings. The van der Waals surface area contributed by atoms with Crippen molar-refractivity contribution in [3.8, 4) is 0 Å². The zero-order valence-electron chi connectivity index (χ0n) is 71.5. The van der Waals surface area contributed by atoms with Crippen LogP contribution in [-0.4, -0.2) is 176 Å². The van der Waals surface area contributed by atoms with E-state index in [1.807, 2.05) is 0 Å². The molecule has 4 unspecified atom stereocenters. The summed E-state index contributed by atoms with van der Waals surface area (Å²) >= 11 is 0. The Labute approximate surface area is 682 Å². The Morgan fingerprint density at radius 1 is 0.389 bits per heavy atom. The van der Waals surface area contributed by atoms with E-state index in [4.69, 9.17) is 46.5 Å². The van der Waals surface area contributed by atoms with E-state index in [2.05, 4.69) is 87.1 Å². The monoisotopic (exact) mass is 1650 g/mol. The summed E-state index contributed by atoms with van der Waals surface area (Å²) < 4.78 is 83.2. The third-order valence-corrected chi connectivity index (χ3v) is 21.6. The Hall–Kier alpha value is -3.72. The van der Waals surface area contributed by atoms with Crippen molar-refractivity contribution >= 4 is 51.2 Å². The Morgan fingerprint density at radius 3 is 1.03 bits per heavy atom. The maximum Gasteiger partial charge on any atom is 0.472 e. The minimum absolute atomic E-state index is 0.132. The SMILES string of the molecule is CCCCCCC=CCCCC(=O)O[C@H](CCCCCCCCCCC)CC(=O)NC(COCC[C@H](O)CCCCCCC)COP(=O)(O)OCCNC(=O)[C@H]1OC(C)(C)O[C@H]1C(=O)NCCOP(=O)(O)OCC(COCC[C@H](O)CCCCCCC)NC(=O)C[C@@H](CCCCCCC)OC(=O)CCCC=CCCCCCC. The molecule has 0 aromatic carbocycles. The molecule has 1 aliphatic rings. The average molecular weight is 1650 g/mol. The first-order valence-electron chi connectivity index (χ1n) is 44.4. The molecule has 0 bridgehead atoms. The molecule has 8 N–H and O–H groups in total. The van der Waals surface area contributed by atoms with Gasteiger partial charge in [0.15, 0.2) is 18.0 Å². The number of amides is 4. The second-order valence-electron chi connectivity index (χ2n) is 31.1. The van der Waals surface area contributed by atoms with Crippen LogP contribution >= 0.6 is 15.6 Å². The quantitative estimate of drug-likeness (QED) is 0.0121. The summed E-state index contributed by atoms with van der Waals surface area (Å²) in [7, 11) is -9.75. The lowest BCUT2D eigenvalue weighted by atomic mass is 10.0. The van der Waals surface area contributed by atoms with Crippen molar-refractivity contribution in [3.63, 3.8) is 0 Å². The summed E-state index contributed by atoms with van der Waals surface area (Å²) in [6.45, 7) is 12.9. The van der Waals surface area contributed by atoms with Crippen LogP contribution in [0.15, 0.2) is 24.3 Å². The maximum absolute atomic E-state index is 13.9. The van der Waals surface area contributed by atoms with E-state index < -0.39 is 126 Å². The number of hydrogen-bond acceptors (Lipinski definition) is 20. The summed E-state index contributed by atoms with van der Waals surface area (Å²) in [6.07, 6.45) is 45.0. The van der Waals surface area contributed by atoms with Crippen LogP contribution in [0.1, 0.15) is 364 Å². The first-order valence-corrected chi connectivity index (χ1v) is 47.3. The number of phosphoric ester groups is 2. The van der Waals surface area contributed by atoms with Gasteiger partial charge in [-0.3, -0.25) is 46.9 Å². The van der Waals surface area contributed by atoms with Crippen LogP contribution in [0.4, 0.5) is 0 Å². The summed E-state index contributed by atoms with van der Waals surface area (Å²) in [5, 5.41) is 32.0. The van der Waals surface area contributed by atoms with Crippen LogP contribution in [0.3, 0.4) is 0 Å². The predicted molar refractivity (Wildman–Crippen MR) is 445 cm³/mol. The van der Waals surface area contributed by atoms with Gasteiger partial charge in [-0.1, -0.05) is 246 Å². The first-order chi connectivity index (χ1) is 54.4. The van der Waals surface area contributed by atoms with E-state index in [1.54, 1.807) is 0 Å². The molecule has 662 valence electrons. The molecule has 10 atom stereocenters. The number of rotatable bonds is 80. The molecule has 113 heavy (non-hydrogen) atoms. The number of hydrogen-bond donors (Lipinski definition) is 8. The number of esters is 2. The fraction of sp³-hybridized carbons (Fsp3) is 0.882. The van der Waals surface area contributed by atoms with Gasteiger partial charge in [0, 0.05) is 39.1 Å². The van der Waals surface area contributed by atoms with Crippen molar-refractivity contribution in [3.05, 3.63) is 24.3 Å². The third-order valence-electron chi connectivity index (χ3n) is 19.6. The van der Waals surface area contributed by atoms with Gasteiger partial charge >= 0.3 is 27.6 Å². The predicted octanol–water partition coefficient (Wildman–Crippen LogP) is 17.5. The third kappa shape index (κ3) is 64.0. The van der Waals surface area contributed by atoms with Crippen LogP contribution in [0.2, 0.25) is 0 Å². The Balaban J connectivity index is 3.08. The molecule has 1 rings (SSSR count). The highest BCUT2D eigenvalue weighted by Crippen LogP contribution is 2.44. The number of carbonyl (C=O) groups excluding carboxylic acids is 6. The molecule has 0 saturated carbocycles. The highest BCUT2D eigenvalue weighted by Gasteiger charge is 2.49. The molecule has 0 aromatic heterocycles. The summed E-state index contributed by atoms with van der Waals surface area (Å²) in [5.74, 6) is -4.90. The number of aliphatic hydroxyl groups is 2. The van der Waals surface area contributed by atoms with Crippen molar-refractivity contribution in [1.82, 2.24) is 21.3 Å². The Bertz CT molecular complexity index is 2550. The summed E-state index contributed by atoms with van der Waals surface area (Å²) in [5.41, 5.74) is 0. The highest BCUT2D eigenvalue weighted by molar-refractivity contribution is 7.47. The van der Waals surface area contributed by atoms with Crippen LogP contribution in [0.25, 0.3) is 0 Å². The molecule has 0 radical (unpaired) electrons. The lowest BCUT2D eigenvalue weighted by Crippen LogP contribution is -2.48. The number of ether oxygens (including phenoxy) is 6. The smallest absolute Gasteiger partial charge is 0.462 e. The van der Waals surface area contributed by atoms with Gasteiger partial charge in [-0.05, 0) is 117 Å². The summed E-state index contributed by atoms with van der Waals surface area (Å²) in [6, 6.07) is -1.97. The number of nitrogens with one attached hydrogen (secondary N) is 4. The molecule has 0 spiro atoms. The van der Waals surface area contributed by atoms with Gasteiger partial charge in [0.1, 0.15) is 12.2 Å². The molecule has 1 aliphatic heterocycles. The van der Waals surface area contributed by atoms with Crippen molar-refractivity contribution in [1.29, 1.82) is 0 Å². The van der Waals surface area contributed by atoms with Crippen molar-refractivity contribution in [2.45, 2.75) is 418 Å². The number of phosphoric acid groups is 2. The van der Waals surface area contributed by atoms with Crippen LogP contribution < -0.4 is 21.3 Å². The van der Waals surface area contributed by atoms with Crippen LogP contribution in [0.5, 0.6) is 0 Å². The topological polar surface area (TPSA) is 358 Å². The van der Waals surface area contributed by atoms with E-state index in [1.165, 1.54) is 78.1 Å². The minimum Gasteiger partial charge on any atom is -0.462 e. The van der Waals surface area contributed by atoms with Gasteiger partial charge in [0.05, 0.1) is 76.8 Å². The molecular formula is C85H160N4O22P2. The Morgan fingerprint density at radius 2 is 0.690 bits per heavy atom. The van der Waals surface area contributed by atoms with Gasteiger partial charge in [0.25, 0.3) is 11.8 Å². The largest absolute Gasteiger partial charge is 0.472 e. The van der Waals surface area contributed by atoms with E-state index in [9.17, 15) is 57.9 Å². The normalized spacial score (nSPS) is 17.0. The molecule has 28 heteroatoms. The van der Waals surface area contributed by atoms with Crippen LogP contribution in [0, 0.1) is 0 Å². The van der Waals surface area contributed by atoms with E-state index in [0.717, 1.165) is 167 Å². The number of allylic oxidation sites excluding steroid dienone is 4. The molecule has 1 saturated heterocycles. The van der Waals surface area contributed by atoms with Gasteiger partial charge in [-0.2, -0.15) is 0 Å². The van der Waals surface area contributed by atoms with Gasteiger partial charge in [-0.25, -0.2) is 9.13 Å². The van der Waals surface area contributed by atoms with E-state index in [-0.39, 0.29) is 71.2 Å². The second kappa shape index (κ2) is 71.2. The fourth-order valence-electron chi connectivity index (χ4n) is 13.0. The Kier molecular flexibility index (Phi) is 67.6. The van der Waals surface area contributed by atoms with Gasteiger partial charge in [0.2, 0.25) is 11.8 Å². The van der Waals surface area contributed by atoms with Crippen molar-refractivity contribution in [2.75, 3.05) is 65.9 Å². The summed E-state index contributed by atoms with van der Waals surface area (Å²) in [4.78, 5) is 103. The lowest BCUT2D eigenvalue weighted by Gasteiger charge is -2.23. The number of aliphatic hydroxyl groups excluding tert-OH is 2. The maximum atomic E-state index is 13.9. The average Bonchev–Trinajstić information content (AvgIpc) is 1.66. The molecule has 26 nitrogen and oxygen atoms in total. The first kappa shape index (κ1) is 107. The minimum atomic E-state index is -4.88. The molecule has 1 heterocycles. The fourth-order valence-corrected chi connectivity index (χ4v) is 14.5. The zero-order chi connectivity index (χ0) is 83.3. The molecular weight excluding hydrogens is 1490 g/mol. The van der Waals surface area contributed by atoms with Crippen molar-refractivity contribution < 1.29 is 104 Å². The molecule has 1 fully saturated rings. The van der Waals surface area contributed by atoms with Gasteiger partial charge in [-0.15, -0.1) is 0 Å². The van der Waals surface area contributed by atoms with Crippen LogP contribution in [-0.2, 0) is 84.4 Å². The number of unbranched alkanes of at least 4 members (excludes halogenated alkanes) is 30. The zero-order valence-corrected chi connectivity index (χ0v) is 73.3. The molecule has 4 amide bonds.